The van der Waals surface area contributed by atoms with Crippen LogP contribution < -0.4 is 10.1 Å². The smallest absolute Gasteiger partial charge is 0.251 e. The maximum atomic E-state index is 12.1. The number of likely N-dealkylation sites (tertiary alicyclic amines) is 1. The van der Waals surface area contributed by atoms with E-state index in [4.69, 9.17) is 21.4 Å². The molecule has 1 saturated heterocycles. The van der Waals surface area contributed by atoms with Crippen LogP contribution in [0.1, 0.15) is 29.6 Å². The number of rotatable bonds is 8. The van der Waals surface area contributed by atoms with Gasteiger partial charge in [-0.25, -0.2) is 0 Å². The first kappa shape index (κ1) is 21.5. The minimum absolute atomic E-state index is 0.0274. The van der Waals surface area contributed by atoms with E-state index in [1.807, 2.05) is 19.0 Å². The van der Waals surface area contributed by atoms with Gasteiger partial charge < -0.3 is 25.0 Å². The quantitative estimate of drug-likeness (QED) is 0.692. The average molecular weight is 398 g/mol. The van der Waals surface area contributed by atoms with Gasteiger partial charge in [-0.2, -0.15) is 0 Å². The first-order chi connectivity index (χ1) is 12.9. The van der Waals surface area contributed by atoms with Gasteiger partial charge in [0.25, 0.3) is 5.91 Å². The van der Waals surface area contributed by atoms with Crippen LogP contribution in [-0.4, -0.2) is 79.7 Å². The molecule has 2 rings (SSSR count). The van der Waals surface area contributed by atoms with E-state index in [1.165, 1.54) is 0 Å². The maximum Gasteiger partial charge on any atom is 0.251 e. The highest BCUT2D eigenvalue weighted by Crippen LogP contribution is 2.28. The summed E-state index contributed by atoms with van der Waals surface area (Å²) in [6, 6.07) is 5.03. The first-order valence-corrected chi connectivity index (χ1v) is 9.56. The Morgan fingerprint density at radius 2 is 2.04 bits per heavy atom. The van der Waals surface area contributed by atoms with Gasteiger partial charge in [0.15, 0.2) is 0 Å². The lowest BCUT2D eigenvalue weighted by molar-refractivity contribution is -0.133. The van der Waals surface area contributed by atoms with Crippen molar-refractivity contribution in [3.63, 3.8) is 0 Å². The molecule has 8 heteroatoms. The lowest BCUT2D eigenvalue weighted by Gasteiger charge is -2.32. The fourth-order valence-corrected chi connectivity index (χ4v) is 3.11. The van der Waals surface area contributed by atoms with Crippen LogP contribution in [0.3, 0.4) is 0 Å². The van der Waals surface area contributed by atoms with E-state index in [0.717, 1.165) is 6.54 Å². The fraction of sp³-hybridized carbons (Fsp3) is 0.579. The van der Waals surface area contributed by atoms with Gasteiger partial charge in [0.1, 0.15) is 11.9 Å². The monoisotopic (exact) mass is 397 g/mol. The van der Waals surface area contributed by atoms with Gasteiger partial charge >= 0.3 is 0 Å². The Kier molecular flexibility index (Phi) is 8.34. The number of hydrogen-bond donors (Lipinski definition) is 2. The highest BCUT2D eigenvalue weighted by atomic mass is 35.5. The van der Waals surface area contributed by atoms with Gasteiger partial charge in [0.2, 0.25) is 5.91 Å². The van der Waals surface area contributed by atoms with E-state index < -0.39 is 0 Å². The topological polar surface area (TPSA) is 82.1 Å². The Hall–Kier alpha value is -1.83. The van der Waals surface area contributed by atoms with Crippen LogP contribution in [0.2, 0.25) is 5.02 Å². The minimum Gasteiger partial charge on any atom is -0.489 e. The van der Waals surface area contributed by atoms with Crippen molar-refractivity contribution in [2.45, 2.75) is 25.4 Å². The summed E-state index contributed by atoms with van der Waals surface area (Å²) >= 11 is 6.29. The van der Waals surface area contributed by atoms with Gasteiger partial charge in [0.05, 0.1) is 11.6 Å². The summed E-state index contributed by atoms with van der Waals surface area (Å²) in [6.45, 7) is 2.41. The second-order valence-corrected chi connectivity index (χ2v) is 7.28. The molecule has 0 atom stereocenters. The number of likely N-dealkylation sites (N-methyl/N-ethyl adjacent to an activating group) is 1. The molecule has 7 nitrogen and oxygen atoms in total. The maximum absolute atomic E-state index is 12.1. The number of aliphatic hydroxyl groups excluding tert-OH is 1. The van der Waals surface area contributed by atoms with Crippen LogP contribution in [0, 0.1) is 0 Å². The standard InChI is InChI=1S/C19H28ClN3O4/c1-22(2)11-8-21-19(26)14-3-4-17(16(20)13-14)27-15-5-9-23(10-6-15)18(25)7-12-24/h3-4,13,15,24H,5-12H2,1-2H3,(H,21,26). The lowest BCUT2D eigenvalue weighted by atomic mass is 10.1. The van der Waals surface area contributed by atoms with Gasteiger partial charge in [-0.3, -0.25) is 9.59 Å². The fourth-order valence-electron chi connectivity index (χ4n) is 2.89. The molecule has 1 aliphatic heterocycles. The SMILES string of the molecule is CN(C)CCNC(=O)c1ccc(OC2CCN(C(=O)CCO)CC2)c(Cl)c1. The van der Waals surface area contributed by atoms with Crippen LogP contribution in [0.25, 0.3) is 0 Å². The number of carbonyl (C=O) groups excluding carboxylic acids is 2. The molecule has 2 amide bonds. The highest BCUT2D eigenvalue weighted by Gasteiger charge is 2.24. The van der Waals surface area contributed by atoms with Gasteiger partial charge in [-0.15, -0.1) is 0 Å². The third kappa shape index (κ3) is 6.68. The van der Waals surface area contributed by atoms with Crippen LogP contribution in [0.15, 0.2) is 18.2 Å². The van der Waals surface area contributed by atoms with Gasteiger partial charge in [-0.1, -0.05) is 11.6 Å². The van der Waals surface area contributed by atoms with Gasteiger partial charge in [-0.05, 0) is 32.3 Å². The third-order valence-corrected chi connectivity index (χ3v) is 4.75. The number of amides is 2. The molecule has 2 N–H and O–H groups in total. The Balaban J connectivity index is 1.86. The molecule has 0 bridgehead atoms. The van der Waals surface area contributed by atoms with E-state index in [-0.39, 0.29) is 30.9 Å². The van der Waals surface area contributed by atoms with Crippen LogP contribution in [-0.2, 0) is 4.79 Å². The molecule has 0 radical (unpaired) electrons. The molecule has 150 valence electrons. The zero-order valence-corrected chi connectivity index (χ0v) is 16.7. The zero-order chi connectivity index (χ0) is 19.8. The normalized spacial score (nSPS) is 15.1. The van der Waals surface area contributed by atoms with Crippen molar-refractivity contribution >= 4 is 23.4 Å². The summed E-state index contributed by atoms with van der Waals surface area (Å²) in [6.07, 6.45) is 1.55. The van der Waals surface area contributed by atoms with Crippen LogP contribution in [0.4, 0.5) is 0 Å². The number of nitrogens with zero attached hydrogens (tertiary/aromatic N) is 2. The van der Waals surface area contributed by atoms with Crippen molar-refractivity contribution in [2.24, 2.45) is 0 Å². The molecule has 1 aliphatic rings. The second-order valence-electron chi connectivity index (χ2n) is 6.88. The zero-order valence-electron chi connectivity index (χ0n) is 15.9. The predicted octanol–water partition coefficient (Wildman–Crippen LogP) is 1.38. The summed E-state index contributed by atoms with van der Waals surface area (Å²) in [4.78, 5) is 27.7. The number of carbonyl (C=O) groups is 2. The summed E-state index contributed by atoms with van der Waals surface area (Å²) in [5.74, 6) is 0.348. The first-order valence-electron chi connectivity index (χ1n) is 9.18. The van der Waals surface area contributed by atoms with Crippen LogP contribution >= 0.6 is 11.6 Å². The van der Waals surface area contributed by atoms with E-state index in [9.17, 15) is 9.59 Å². The Bertz CT molecular complexity index is 646. The molecule has 1 heterocycles. The molecular formula is C19H28ClN3O4. The molecule has 0 spiro atoms. The molecule has 27 heavy (non-hydrogen) atoms. The van der Waals surface area contributed by atoms with Crippen molar-refractivity contribution in [3.05, 3.63) is 28.8 Å². The number of ether oxygens (including phenoxy) is 1. The van der Waals surface area contributed by atoms with E-state index in [2.05, 4.69) is 5.32 Å². The average Bonchev–Trinajstić information content (AvgIpc) is 2.63. The summed E-state index contributed by atoms with van der Waals surface area (Å²) in [5.41, 5.74) is 0.496. The lowest BCUT2D eigenvalue weighted by Crippen LogP contribution is -2.42. The number of aliphatic hydroxyl groups is 1. The van der Waals surface area contributed by atoms with E-state index >= 15 is 0 Å². The molecule has 0 aromatic heterocycles. The van der Waals surface area contributed by atoms with Crippen molar-refractivity contribution in [2.75, 3.05) is 46.9 Å². The predicted molar refractivity (Wildman–Crippen MR) is 104 cm³/mol. The number of nitrogens with one attached hydrogen (secondary N) is 1. The van der Waals surface area contributed by atoms with Crippen LogP contribution in [0.5, 0.6) is 5.75 Å². The molecule has 0 saturated carbocycles. The number of benzene rings is 1. The Morgan fingerprint density at radius 1 is 1.33 bits per heavy atom. The minimum atomic E-state index is -0.166. The summed E-state index contributed by atoms with van der Waals surface area (Å²) in [7, 11) is 3.89. The number of hydrogen-bond acceptors (Lipinski definition) is 5. The van der Waals surface area contributed by atoms with E-state index in [0.29, 0.717) is 48.8 Å². The molecule has 1 fully saturated rings. The second kappa shape index (κ2) is 10.5. The number of piperidine rings is 1. The summed E-state index contributed by atoms with van der Waals surface area (Å²) in [5, 5.41) is 12.1. The molecule has 0 unspecified atom stereocenters. The molecule has 1 aromatic rings. The highest BCUT2D eigenvalue weighted by molar-refractivity contribution is 6.32. The van der Waals surface area contributed by atoms with Crippen molar-refractivity contribution in [1.82, 2.24) is 15.1 Å². The van der Waals surface area contributed by atoms with Crippen molar-refractivity contribution in [3.8, 4) is 5.75 Å². The van der Waals surface area contributed by atoms with Gasteiger partial charge in [0, 0.05) is 51.0 Å². The Morgan fingerprint density at radius 3 is 2.63 bits per heavy atom. The number of halogens is 1. The summed E-state index contributed by atoms with van der Waals surface area (Å²) < 4.78 is 5.96. The Labute approximate surface area is 165 Å². The van der Waals surface area contributed by atoms with Crippen molar-refractivity contribution < 1.29 is 19.4 Å². The third-order valence-electron chi connectivity index (χ3n) is 4.45. The largest absolute Gasteiger partial charge is 0.489 e. The molecule has 0 aliphatic carbocycles. The molecular weight excluding hydrogens is 370 g/mol. The molecule has 1 aromatic carbocycles. The van der Waals surface area contributed by atoms with E-state index in [1.54, 1.807) is 23.1 Å². The van der Waals surface area contributed by atoms with Crippen molar-refractivity contribution in [1.29, 1.82) is 0 Å².